The first kappa shape index (κ1) is 14.1. The van der Waals surface area contributed by atoms with E-state index in [-0.39, 0.29) is 10.6 Å². The van der Waals surface area contributed by atoms with E-state index in [4.69, 9.17) is 23.1 Å². The second-order valence-electron chi connectivity index (χ2n) is 4.45. The molecule has 2 rings (SSSR count). The molecule has 4 nitrogen and oxygen atoms in total. The third-order valence-corrected chi connectivity index (χ3v) is 3.38. The van der Waals surface area contributed by atoms with Crippen molar-refractivity contribution in [2.24, 2.45) is 11.5 Å². The Morgan fingerprint density at radius 3 is 2.25 bits per heavy atom. The Labute approximate surface area is 121 Å². The fourth-order valence-corrected chi connectivity index (χ4v) is 2.24. The molecule has 0 fully saturated rings. The smallest absolute Gasteiger partial charge is 0.250 e. The minimum atomic E-state index is -0.579. The molecule has 0 aliphatic carbocycles. The molecule has 5 heteroatoms. The molecule has 0 aliphatic rings. The summed E-state index contributed by atoms with van der Waals surface area (Å²) in [5.74, 6) is -1.07. The number of nitrogens with two attached hydrogens (primary N) is 2. The quantitative estimate of drug-likeness (QED) is 0.909. The molecule has 0 heterocycles. The molecule has 0 spiro atoms. The zero-order valence-electron chi connectivity index (χ0n) is 10.8. The molecule has 0 saturated carbocycles. The van der Waals surface area contributed by atoms with Gasteiger partial charge in [-0.2, -0.15) is 0 Å². The predicted molar refractivity (Wildman–Crippen MR) is 78.7 cm³/mol. The van der Waals surface area contributed by atoms with Crippen LogP contribution in [0.5, 0.6) is 0 Å². The fraction of sp³-hybridized carbons (Fsp3) is 0.0667. The van der Waals surface area contributed by atoms with Crippen molar-refractivity contribution in [3.05, 3.63) is 58.1 Å². The summed E-state index contributed by atoms with van der Waals surface area (Å²) in [4.78, 5) is 22.4. The average Bonchev–Trinajstić information content (AvgIpc) is 2.38. The van der Waals surface area contributed by atoms with Crippen molar-refractivity contribution in [2.45, 2.75) is 6.92 Å². The minimum Gasteiger partial charge on any atom is -0.366 e. The number of amides is 2. The summed E-state index contributed by atoms with van der Waals surface area (Å²) < 4.78 is 0. The molecular formula is C15H13ClN2O2. The topological polar surface area (TPSA) is 86.2 Å². The zero-order valence-corrected chi connectivity index (χ0v) is 11.6. The van der Waals surface area contributed by atoms with E-state index in [9.17, 15) is 9.59 Å². The van der Waals surface area contributed by atoms with E-state index in [0.29, 0.717) is 5.56 Å². The molecule has 0 atom stereocenters. The van der Waals surface area contributed by atoms with Gasteiger partial charge in [-0.1, -0.05) is 23.7 Å². The number of primary amides is 2. The molecule has 20 heavy (non-hydrogen) atoms. The molecule has 2 aromatic rings. The molecule has 4 N–H and O–H groups in total. The Hall–Kier alpha value is -2.33. The number of carbonyl (C=O) groups is 2. The summed E-state index contributed by atoms with van der Waals surface area (Å²) in [7, 11) is 0. The van der Waals surface area contributed by atoms with Crippen LogP contribution in [0.4, 0.5) is 0 Å². The highest BCUT2D eigenvalue weighted by atomic mass is 35.5. The van der Waals surface area contributed by atoms with Gasteiger partial charge >= 0.3 is 0 Å². The fourth-order valence-electron chi connectivity index (χ4n) is 1.97. The van der Waals surface area contributed by atoms with Crippen molar-refractivity contribution in [2.75, 3.05) is 0 Å². The highest BCUT2D eigenvalue weighted by molar-refractivity contribution is 6.34. The van der Waals surface area contributed by atoms with Gasteiger partial charge in [-0.3, -0.25) is 9.59 Å². The van der Waals surface area contributed by atoms with E-state index < -0.39 is 11.8 Å². The van der Waals surface area contributed by atoms with Crippen molar-refractivity contribution in [1.29, 1.82) is 0 Å². The molecule has 0 unspecified atom stereocenters. The third kappa shape index (κ3) is 2.65. The van der Waals surface area contributed by atoms with Gasteiger partial charge in [0.05, 0.1) is 10.6 Å². The van der Waals surface area contributed by atoms with Crippen LogP contribution in [0, 0.1) is 6.92 Å². The summed E-state index contributed by atoms with van der Waals surface area (Å²) in [5.41, 5.74) is 13.8. The molecule has 0 radical (unpaired) electrons. The van der Waals surface area contributed by atoms with Crippen molar-refractivity contribution >= 4 is 23.4 Å². The van der Waals surface area contributed by atoms with E-state index in [0.717, 1.165) is 16.7 Å². The zero-order chi connectivity index (χ0) is 14.9. The summed E-state index contributed by atoms with van der Waals surface area (Å²) in [6, 6.07) is 10.1. The molecule has 0 aromatic heterocycles. The Balaban J connectivity index is 2.56. The molecule has 0 aliphatic heterocycles. The normalized spacial score (nSPS) is 10.3. The van der Waals surface area contributed by atoms with Crippen LogP contribution in [-0.2, 0) is 0 Å². The maximum Gasteiger partial charge on any atom is 0.250 e. The largest absolute Gasteiger partial charge is 0.366 e. The van der Waals surface area contributed by atoms with Gasteiger partial charge in [-0.15, -0.1) is 0 Å². The van der Waals surface area contributed by atoms with Gasteiger partial charge in [-0.05, 0) is 47.9 Å². The van der Waals surface area contributed by atoms with E-state index >= 15 is 0 Å². The Kier molecular flexibility index (Phi) is 3.77. The predicted octanol–water partition coefficient (Wildman–Crippen LogP) is 2.51. The summed E-state index contributed by atoms with van der Waals surface area (Å²) in [6.45, 7) is 1.91. The maximum absolute atomic E-state index is 11.2. The Morgan fingerprint density at radius 1 is 1.00 bits per heavy atom. The number of hydrogen-bond donors (Lipinski definition) is 2. The molecule has 2 amide bonds. The lowest BCUT2D eigenvalue weighted by molar-refractivity contribution is 0.0992. The first-order valence-corrected chi connectivity index (χ1v) is 6.28. The summed E-state index contributed by atoms with van der Waals surface area (Å²) in [6.07, 6.45) is 0. The third-order valence-electron chi connectivity index (χ3n) is 3.07. The molecule has 0 saturated heterocycles. The average molecular weight is 289 g/mol. The van der Waals surface area contributed by atoms with Crippen molar-refractivity contribution in [3.63, 3.8) is 0 Å². The first-order chi connectivity index (χ1) is 9.40. The summed E-state index contributed by atoms with van der Waals surface area (Å²) in [5, 5.41) is 0.277. The molecule has 0 bridgehead atoms. The maximum atomic E-state index is 11.2. The van der Waals surface area contributed by atoms with Gasteiger partial charge in [0.2, 0.25) is 11.8 Å². The van der Waals surface area contributed by atoms with Crippen molar-refractivity contribution in [1.82, 2.24) is 0 Å². The monoisotopic (exact) mass is 288 g/mol. The van der Waals surface area contributed by atoms with Crippen LogP contribution in [0.3, 0.4) is 0 Å². The van der Waals surface area contributed by atoms with Gasteiger partial charge in [0.25, 0.3) is 0 Å². The second-order valence-corrected chi connectivity index (χ2v) is 4.86. The highest BCUT2D eigenvalue weighted by Gasteiger charge is 2.11. The molecule has 2 aromatic carbocycles. The van der Waals surface area contributed by atoms with E-state index in [2.05, 4.69) is 0 Å². The van der Waals surface area contributed by atoms with Crippen LogP contribution in [0.2, 0.25) is 5.02 Å². The van der Waals surface area contributed by atoms with Crippen molar-refractivity contribution < 1.29 is 9.59 Å². The van der Waals surface area contributed by atoms with Gasteiger partial charge in [0.1, 0.15) is 0 Å². The lowest BCUT2D eigenvalue weighted by Gasteiger charge is -2.09. The summed E-state index contributed by atoms with van der Waals surface area (Å²) >= 11 is 6.04. The van der Waals surface area contributed by atoms with Crippen molar-refractivity contribution in [3.8, 4) is 11.1 Å². The van der Waals surface area contributed by atoms with Crippen LogP contribution in [0.15, 0.2) is 36.4 Å². The van der Waals surface area contributed by atoms with Crippen LogP contribution in [-0.4, -0.2) is 11.8 Å². The number of carbonyl (C=O) groups excluding carboxylic acids is 2. The SMILES string of the molecule is Cc1ccc(C(N)=O)cc1-c1ccc(C(N)=O)c(Cl)c1. The molecule has 102 valence electrons. The number of benzene rings is 2. The van der Waals surface area contributed by atoms with E-state index in [1.165, 1.54) is 0 Å². The van der Waals surface area contributed by atoms with E-state index in [1.54, 1.807) is 30.3 Å². The second kappa shape index (κ2) is 5.35. The lowest BCUT2D eigenvalue weighted by atomic mass is 9.97. The standard InChI is InChI=1S/C15H13ClN2O2/c1-8-2-3-10(14(17)19)6-12(8)9-4-5-11(15(18)20)13(16)7-9/h2-7H,1H3,(H2,17,19)(H2,18,20). The number of aryl methyl sites for hydroxylation is 1. The van der Waals surface area contributed by atoms with E-state index in [1.807, 2.05) is 13.0 Å². The minimum absolute atomic E-state index is 0.263. The van der Waals surface area contributed by atoms with Gasteiger partial charge in [0.15, 0.2) is 0 Å². The Morgan fingerprint density at radius 2 is 1.70 bits per heavy atom. The van der Waals surface area contributed by atoms with Gasteiger partial charge in [0, 0.05) is 5.56 Å². The van der Waals surface area contributed by atoms with Crippen LogP contribution >= 0.6 is 11.6 Å². The molecular weight excluding hydrogens is 276 g/mol. The number of hydrogen-bond acceptors (Lipinski definition) is 2. The Bertz CT molecular complexity index is 711. The highest BCUT2D eigenvalue weighted by Crippen LogP contribution is 2.28. The number of halogens is 1. The lowest BCUT2D eigenvalue weighted by Crippen LogP contribution is -2.12. The van der Waals surface area contributed by atoms with Crippen LogP contribution in [0.25, 0.3) is 11.1 Å². The van der Waals surface area contributed by atoms with Gasteiger partial charge in [-0.25, -0.2) is 0 Å². The first-order valence-electron chi connectivity index (χ1n) is 5.90. The van der Waals surface area contributed by atoms with Crippen LogP contribution < -0.4 is 11.5 Å². The van der Waals surface area contributed by atoms with Crippen LogP contribution in [0.1, 0.15) is 26.3 Å². The number of rotatable bonds is 3. The van der Waals surface area contributed by atoms with Gasteiger partial charge < -0.3 is 11.5 Å².